The Morgan fingerprint density at radius 1 is 1.38 bits per heavy atom. The van der Waals surface area contributed by atoms with E-state index in [4.69, 9.17) is 16.0 Å². The summed E-state index contributed by atoms with van der Waals surface area (Å²) in [5.41, 5.74) is 11.7. The van der Waals surface area contributed by atoms with E-state index < -0.39 is 55.0 Å². The summed E-state index contributed by atoms with van der Waals surface area (Å²) in [6, 6.07) is 0. The molecule has 1 saturated heterocycles. The molecule has 0 radical (unpaired) electrons. The zero-order valence-corrected chi connectivity index (χ0v) is 14.8. The highest BCUT2D eigenvalue weighted by molar-refractivity contribution is 5.71. The molecule has 2 aromatic heterocycles. The second kappa shape index (κ2) is 8.58. The molecule has 0 aliphatic carbocycles. The van der Waals surface area contributed by atoms with Crippen LogP contribution in [-0.4, -0.2) is 82.6 Å². The number of fused-ring (bicyclic) bond motifs is 1. The molecule has 3 heterocycles. The Kier molecular flexibility index (Phi) is 6.60. The predicted octanol–water partition coefficient (Wildman–Crippen LogP) is -4.07. The number of imidazole rings is 1. The van der Waals surface area contributed by atoms with Gasteiger partial charge in [0.05, 0.1) is 25.8 Å². The third kappa shape index (κ3) is 3.81. The van der Waals surface area contributed by atoms with E-state index in [1.54, 1.807) is 0 Å². The van der Waals surface area contributed by atoms with E-state index in [9.17, 15) is 30.0 Å². The van der Waals surface area contributed by atoms with E-state index in [2.05, 4.69) is 20.0 Å². The molecule has 2 aromatic rings. The quantitative estimate of drug-likeness (QED) is 0.151. The first-order chi connectivity index (χ1) is 13.3. The van der Waals surface area contributed by atoms with Gasteiger partial charge in [-0.1, -0.05) is 5.11 Å². The number of nitrogens with two attached hydrogens (primary N) is 1. The van der Waals surface area contributed by atoms with Crippen molar-refractivity contribution < 1.29 is 30.6 Å². The minimum absolute atomic E-state index is 0. The Hall–Kier alpha value is -2.98. The summed E-state index contributed by atoms with van der Waals surface area (Å²) in [6.07, 6.45) is -7.03. The first-order valence-electron chi connectivity index (χ1n) is 8.12. The number of aliphatic hydroxyl groups is 4. The van der Waals surface area contributed by atoms with E-state index in [0.29, 0.717) is 0 Å². The SMILES string of the molecule is O.[N-]=[N+]=NCC(O)Cn1c(=O)n([C@@H]2O[C@H](CO)[C@@H](O)[C@H]2O)c2nc(N)[nH]c(=O)c21. The van der Waals surface area contributed by atoms with Crippen LogP contribution in [-0.2, 0) is 11.3 Å². The summed E-state index contributed by atoms with van der Waals surface area (Å²) in [4.78, 5) is 33.9. The number of anilines is 1. The maximum Gasteiger partial charge on any atom is 0.332 e. The van der Waals surface area contributed by atoms with Crippen LogP contribution in [0.4, 0.5) is 5.95 Å². The average Bonchev–Trinajstić information content (AvgIpc) is 3.07. The molecule has 0 amide bonds. The van der Waals surface area contributed by atoms with Crippen LogP contribution in [0.5, 0.6) is 0 Å². The summed E-state index contributed by atoms with van der Waals surface area (Å²) in [5, 5.41) is 42.6. The molecule has 1 unspecified atom stereocenters. The van der Waals surface area contributed by atoms with Crippen molar-refractivity contribution in [3.05, 3.63) is 31.3 Å². The van der Waals surface area contributed by atoms with Crippen LogP contribution in [0.3, 0.4) is 0 Å². The standard InChI is InChI=1S/C13H18N8O7.H2O/c14-12-17-9-6(10(26)18-12)20(2-4(23)1-16-19-15)13(27)21(9)11-8(25)7(24)5(3-22)28-11;/h4-5,7-8,11,22-25H,1-3H2,(H3,14,17,18,26);1H2/t4?,5-,7-,8-,11-;/m1./s1. The fraction of sp³-hybridized carbons (Fsp3) is 0.615. The minimum atomic E-state index is -1.61. The van der Waals surface area contributed by atoms with Crippen LogP contribution >= 0.6 is 0 Å². The fourth-order valence-corrected chi connectivity index (χ4v) is 3.09. The topological polar surface area (TPSA) is 269 Å². The van der Waals surface area contributed by atoms with Gasteiger partial charge in [0, 0.05) is 4.91 Å². The summed E-state index contributed by atoms with van der Waals surface area (Å²) >= 11 is 0. The molecule has 0 spiro atoms. The van der Waals surface area contributed by atoms with Gasteiger partial charge in [0.15, 0.2) is 17.4 Å². The molecule has 1 aliphatic rings. The van der Waals surface area contributed by atoms with Gasteiger partial charge in [0.25, 0.3) is 5.56 Å². The number of aromatic nitrogens is 4. The van der Waals surface area contributed by atoms with Crippen molar-refractivity contribution in [2.75, 3.05) is 18.9 Å². The molecule has 1 aliphatic heterocycles. The van der Waals surface area contributed by atoms with Gasteiger partial charge in [-0.05, 0) is 5.53 Å². The fourth-order valence-electron chi connectivity index (χ4n) is 3.09. The predicted molar refractivity (Wildman–Crippen MR) is 95.7 cm³/mol. The van der Waals surface area contributed by atoms with Gasteiger partial charge in [0.1, 0.15) is 18.3 Å². The zero-order valence-electron chi connectivity index (χ0n) is 14.8. The highest BCUT2D eigenvalue weighted by atomic mass is 16.6. The van der Waals surface area contributed by atoms with E-state index in [0.717, 1.165) is 9.13 Å². The maximum absolute atomic E-state index is 12.9. The number of aliphatic hydroxyl groups excluding tert-OH is 4. The lowest BCUT2D eigenvalue weighted by Gasteiger charge is -2.15. The Morgan fingerprint density at radius 3 is 2.66 bits per heavy atom. The molecular weight excluding hydrogens is 396 g/mol. The number of nitrogens with one attached hydrogen (secondary N) is 1. The number of H-pyrrole nitrogens is 1. The molecule has 0 aromatic carbocycles. The molecule has 0 saturated carbocycles. The number of rotatable bonds is 6. The Balaban J connectivity index is 0.00000300. The van der Waals surface area contributed by atoms with Gasteiger partial charge >= 0.3 is 5.69 Å². The minimum Gasteiger partial charge on any atom is -0.412 e. The van der Waals surface area contributed by atoms with E-state index in [1.807, 2.05) is 0 Å². The van der Waals surface area contributed by atoms with Gasteiger partial charge in [-0.15, -0.1) is 0 Å². The molecule has 29 heavy (non-hydrogen) atoms. The number of aromatic amines is 1. The second-order valence-electron chi connectivity index (χ2n) is 6.18. The monoisotopic (exact) mass is 416 g/mol. The van der Waals surface area contributed by atoms with Gasteiger partial charge in [-0.3, -0.25) is 14.3 Å². The molecule has 1 fully saturated rings. The Bertz CT molecular complexity index is 1040. The van der Waals surface area contributed by atoms with Crippen LogP contribution < -0.4 is 17.0 Å². The van der Waals surface area contributed by atoms with Crippen LogP contribution in [0, 0.1) is 0 Å². The first-order valence-corrected chi connectivity index (χ1v) is 8.12. The van der Waals surface area contributed by atoms with Crippen molar-refractivity contribution >= 4 is 17.1 Å². The third-order valence-electron chi connectivity index (χ3n) is 4.35. The lowest BCUT2D eigenvalue weighted by molar-refractivity contribution is -0.0528. The van der Waals surface area contributed by atoms with Crippen molar-refractivity contribution in [3.8, 4) is 0 Å². The largest absolute Gasteiger partial charge is 0.412 e. The Morgan fingerprint density at radius 2 is 2.07 bits per heavy atom. The lowest BCUT2D eigenvalue weighted by Crippen LogP contribution is -2.37. The highest BCUT2D eigenvalue weighted by Gasteiger charge is 2.45. The van der Waals surface area contributed by atoms with E-state index >= 15 is 0 Å². The van der Waals surface area contributed by atoms with Crippen molar-refractivity contribution in [1.29, 1.82) is 0 Å². The molecule has 0 bridgehead atoms. The number of hydrogen-bond acceptors (Lipinski definition) is 10. The molecular formula is C13H20N8O8. The lowest BCUT2D eigenvalue weighted by atomic mass is 10.1. The molecule has 16 heteroatoms. The van der Waals surface area contributed by atoms with Crippen molar-refractivity contribution in [1.82, 2.24) is 19.1 Å². The molecule has 5 atom stereocenters. The van der Waals surface area contributed by atoms with Gasteiger partial charge in [0.2, 0.25) is 5.95 Å². The third-order valence-corrected chi connectivity index (χ3v) is 4.35. The Labute approximate surface area is 160 Å². The van der Waals surface area contributed by atoms with Crippen LogP contribution in [0.2, 0.25) is 0 Å². The number of nitrogens with zero attached hydrogens (tertiary/aromatic N) is 6. The molecule has 160 valence electrons. The van der Waals surface area contributed by atoms with Gasteiger partial charge in [-0.25, -0.2) is 9.36 Å². The normalized spacial score (nSPS) is 24.8. The van der Waals surface area contributed by atoms with E-state index in [1.165, 1.54) is 0 Å². The molecule has 9 N–H and O–H groups in total. The van der Waals surface area contributed by atoms with Gasteiger partial charge < -0.3 is 36.4 Å². The van der Waals surface area contributed by atoms with Crippen LogP contribution in [0.15, 0.2) is 14.7 Å². The zero-order chi connectivity index (χ0) is 20.6. The van der Waals surface area contributed by atoms with Gasteiger partial charge in [-0.2, -0.15) is 4.98 Å². The van der Waals surface area contributed by atoms with Crippen molar-refractivity contribution in [2.45, 2.75) is 37.2 Å². The average molecular weight is 416 g/mol. The first kappa shape index (κ1) is 22.3. The summed E-state index contributed by atoms with van der Waals surface area (Å²) < 4.78 is 7.03. The maximum atomic E-state index is 12.9. The second-order valence-corrected chi connectivity index (χ2v) is 6.18. The number of nitrogen functional groups attached to an aromatic ring is 1. The summed E-state index contributed by atoms with van der Waals surface area (Å²) in [7, 11) is 0. The van der Waals surface area contributed by atoms with Crippen LogP contribution in [0.25, 0.3) is 21.6 Å². The van der Waals surface area contributed by atoms with Crippen molar-refractivity contribution in [2.24, 2.45) is 5.11 Å². The van der Waals surface area contributed by atoms with Crippen molar-refractivity contribution in [3.63, 3.8) is 0 Å². The van der Waals surface area contributed by atoms with E-state index in [-0.39, 0.29) is 29.1 Å². The summed E-state index contributed by atoms with van der Waals surface area (Å²) in [6.45, 7) is -1.41. The number of azide groups is 1. The molecule has 3 rings (SSSR count). The highest BCUT2D eigenvalue weighted by Crippen LogP contribution is 2.30. The number of ether oxygens (including phenoxy) is 1. The molecule has 16 nitrogen and oxygen atoms in total. The number of hydrogen-bond donors (Lipinski definition) is 6. The summed E-state index contributed by atoms with van der Waals surface area (Å²) in [5.74, 6) is -0.315. The van der Waals surface area contributed by atoms with Crippen LogP contribution in [0.1, 0.15) is 6.23 Å². The smallest absolute Gasteiger partial charge is 0.332 e.